The van der Waals surface area contributed by atoms with Crippen molar-refractivity contribution in [2.24, 2.45) is 0 Å². The SMILES string of the molecule is CNc1ncccc1CN1CCC(c2cncc(-c3cccc(Cl)c3)n2)CC1. The second kappa shape index (κ2) is 8.67. The molecular weight excluding hydrogens is 370 g/mol. The average molecular weight is 394 g/mol. The van der Waals surface area contributed by atoms with Crippen LogP contribution in [0.2, 0.25) is 5.02 Å². The first-order valence-electron chi connectivity index (χ1n) is 9.65. The predicted octanol–water partition coefficient (Wildman–Crippen LogP) is 4.61. The van der Waals surface area contributed by atoms with Gasteiger partial charge in [-0.3, -0.25) is 9.88 Å². The molecule has 0 unspecified atom stereocenters. The smallest absolute Gasteiger partial charge is 0.130 e. The van der Waals surface area contributed by atoms with Crippen molar-refractivity contribution in [2.75, 3.05) is 25.5 Å². The lowest BCUT2D eigenvalue weighted by Crippen LogP contribution is -2.33. The summed E-state index contributed by atoms with van der Waals surface area (Å²) in [4.78, 5) is 16.2. The van der Waals surface area contributed by atoms with Crippen molar-refractivity contribution in [3.63, 3.8) is 0 Å². The van der Waals surface area contributed by atoms with Crippen molar-refractivity contribution in [3.05, 3.63) is 71.3 Å². The summed E-state index contributed by atoms with van der Waals surface area (Å²) in [6.07, 6.45) is 7.72. The van der Waals surface area contributed by atoms with Crippen LogP contribution in [-0.4, -0.2) is 40.0 Å². The molecule has 5 nitrogen and oxygen atoms in total. The first-order chi connectivity index (χ1) is 13.7. The minimum Gasteiger partial charge on any atom is -0.373 e. The third-order valence-corrected chi connectivity index (χ3v) is 5.54. The van der Waals surface area contributed by atoms with Crippen LogP contribution in [0.25, 0.3) is 11.3 Å². The molecule has 0 bridgehead atoms. The number of benzene rings is 1. The van der Waals surface area contributed by atoms with Gasteiger partial charge in [-0.2, -0.15) is 0 Å². The van der Waals surface area contributed by atoms with Crippen molar-refractivity contribution in [1.82, 2.24) is 19.9 Å². The maximum absolute atomic E-state index is 6.12. The Balaban J connectivity index is 1.42. The lowest BCUT2D eigenvalue weighted by molar-refractivity contribution is 0.203. The molecule has 0 spiro atoms. The van der Waals surface area contributed by atoms with Crippen molar-refractivity contribution in [3.8, 4) is 11.3 Å². The molecule has 1 aliphatic heterocycles. The summed E-state index contributed by atoms with van der Waals surface area (Å²) in [7, 11) is 1.92. The summed E-state index contributed by atoms with van der Waals surface area (Å²) in [5.74, 6) is 1.41. The van der Waals surface area contributed by atoms with Gasteiger partial charge in [0.05, 0.1) is 17.6 Å². The molecular formula is C22H24ClN5. The van der Waals surface area contributed by atoms with E-state index in [-0.39, 0.29) is 0 Å². The summed E-state index contributed by atoms with van der Waals surface area (Å²) < 4.78 is 0. The van der Waals surface area contributed by atoms with Gasteiger partial charge in [-0.25, -0.2) is 9.97 Å². The van der Waals surface area contributed by atoms with Crippen LogP contribution in [0.1, 0.15) is 30.0 Å². The summed E-state index contributed by atoms with van der Waals surface area (Å²) in [5, 5.41) is 3.90. The Hall–Kier alpha value is -2.50. The Labute approximate surface area is 170 Å². The lowest BCUT2D eigenvalue weighted by Gasteiger charge is -2.32. The van der Waals surface area contributed by atoms with Crippen molar-refractivity contribution < 1.29 is 0 Å². The largest absolute Gasteiger partial charge is 0.373 e. The number of rotatable bonds is 5. The zero-order valence-corrected chi connectivity index (χ0v) is 16.7. The number of aromatic nitrogens is 3. The van der Waals surface area contributed by atoms with Crippen molar-refractivity contribution in [2.45, 2.75) is 25.3 Å². The average Bonchev–Trinajstić information content (AvgIpc) is 2.75. The quantitative estimate of drug-likeness (QED) is 0.685. The lowest BCUT2D eigenvalue weighted by atomic mass is 9.93. The molecule has 1 aliphatic rings. The predicted molar refractivity (Wildman–Crippen MR) is 114 cm³/mol. The number of hydrogen-bond acceptors (Lipinski definition) is 5. The van der Waals surface area contributed by atoms with Gasteiger partial charge in [0, 0.05) is 48.1 Å². The molecule has 1 saturated heterocycles. The minimum atomic E-state index is 0.445. The molecule has 0 radical (unpaired) electrons. The van der Waals surface area contributed by atoms with Crippen LogP contribution in [0.3, 0.4) is 0 Å². The van der Waals surface area contributed by atoms with E-state index in [9.17, 15) is 0 Å². The van der Waals surface area contributed by atoms with Crippen molar-refractivity contribution >= 4 is 17.4 Å². The van der Waals surface area contributed by atoms with E-state index in [0.717, 1.165) is 55.2 Å². The molecule has 0 amide bonds. The van der Waals surface area contributed by atoms with Gasteiger partial charge in [-0.05, 0) is 44.1 Å². The van der Waals surface area contributed by atoms with E-state index < -0.39 is 0 Å². The maximum Gasteiger partial charge on any atom is 0.130 e. The normalized spacial score (nSPS) is 15.5. The molecule has 3 heterocycles. The molecule has 28 heavy (non-hydrogen) atoms. The topological polar surface area (TPSA) is 53.9 Å². The first kappa shape index (κ1) is 18.8. The van der Waals surface area contributed by atoms with E-state index >= 15 is 0 Å². The van der Waals surface area contributed by atoms with E-state index in [1.807, 2.05) is 56.0 Å². The number of hydrogen-bond donors (Lipinski definition) is 1. The number of pyridine rings is 1. The molecule has 1 N–H and O–H groups in total. The summed E-state index contributed by atoms with van der Waals surface area (Å²) in [5.41, 5.74) is 4.22. The van der Waals surface area contributed by atoms with Crippen LogP contribution < -0.4 is 5.32 Å². The molecule has 4 rings (SSSR count). The monoisotopic (exact) mass is 393 g/mol. The molecule has 2 aromatic heterocycles. The summed E-state index contributed by atoms with van der Waals surface area (Å²) >= 11 is 6.12. The highest BCUT2D eigenvalue weighted by atomic mass is 35.5. The summed E-state index contributed by atoms with van der Waals surface area (Å²) in [6, 6.07) is 11.9. The highest BCUT2D eigenvalue weighted by molar-refractivity contribution is 6.30. The molecule has 3 aromatic rings. The Morgan fingerprint density at radius 2 is 2.00 bits per heavy atom. The second-order valence-corrected chi connectivity index (χ2v) is 7.59. The Morgan fingerprint density at radius 3 is 2.79 bits per heavy atom. The standard InChI is InChI=1S/C22H24ClN5/c1-24-22-18(5-3-9-26-22)15-28-10-7-16(8-11-28)20-13-25-14-21(27-20)17-4-2-6-19(23)12-17/h2-6,9,12-14,16H,7-8,10-11,15H2,1H3,(H,24,26). The van der Waals surface area contributed by atoms with Crippen LogP contribution in [0, 0.1) is 0 Å². The van der Waals surface area contributed by atoms with Gasteiger partial charge in [0.25, 0.3) is 0 Å². The van der Waals surface area contributed by atoms with E-state index in [2.05, 4.69) is 26.3 Å². The minimum absolute atomic E-state index is 0.445. The first-order valence-corrected chi connectivity index (χ1v) is 10.0. The van der Waals surface area contributed by atoms with Gasteiger partial charge in [0.2, 0.25) is 0 Å². The Bertz CT molecular complexity index is 937. The molecule has 0 aliphatic carbocycles. The zero-order chi connectivity index (χ0) is 19.3. The van der Waals surface area contributed by atoms with Gasteiger partial charge in [-0.1, -0.05) is 29.8 Å². The summed E-state index contributed by atoms with van der Waals surface area (Å²) in [6.45, 7) is 3.02. The number of piperidine rings is 1. The number of nitrogens with zero attached hydrogens (tertiary/aromatic N) is 4. The Morgan fingerprint density at radius 1 is 1.14 bits per heavy atom. The highest BCUT2D eigenvalue weighted by Crippen LogP contribution is 2.29. The van der Waals surface area contributed by atoms with Crippen LogP contribution in [0.5, 0.6) is 0 Å². The fraction of sp³-hybridized carbons (Fsp3) is 0.318. The van der Waals surface area contributed by atoms with Gasteiger partial charge in [0.15, 0.2) is 0 Å². The van der Waals surface area contributed by atoms with E-state index in [4.69, 9.17) is 16.6 Å². The molecule has 0 saturated carbocycles. The fourth-order valence-corrected chi connectivity index (χ4v) is 3.97. The third kappa shape index (κ3) is 4.32. The van der Waals surface area contributed by atoms with Crippen LogP contribution in [-0.2, 0) is 6.54 Å². The number of nitrogens with one attached hydrogen (secondary N) is 1. The van der Waals surface area contributed by atoms with Crippen LogP contribution in [0.4, 0.5) is 5.82 Å². The Kier molecular flexibility index (Phi) is 5.84. The molecule has 1 fully saturated rings. The highest BCUT2D eigenvalue weighted by Gasteiger charge is 2.23. The van der Waals surface area contributed by atoms with Crippen LogP contribution >= 0.6 is 11.6 Å². The van der Waals surface area contributed by atoms with Gasteiger partial charge in [-0.15, -0.1) is 0 Å². The molecule has 144 valence electrons. The molecule has 0 atom stereocenters. The van der Waals surface area contributed by atoms with Crippen molar-refractivity contribution in [1.29, 1.82) is 0 Å². The number of halogens is 1. The van der Waals surface area contributed by atoms with E-state index in [1.54, 1.807) is 0 Å². The van der Waals surface area contributed by atoms with E-state index in [1.165, 1.54) is 5.56 Å². The molecule has 6 heteroatoms. The second-order valence-electron chi connectivity index (χ2n) is 7.15. The zero-order valence-electron chi connectivity index (χ0n) is 16.0. The third-order valence-electron chi connectivity index (χ3n) is 5.30. The van der Waals surface area contributed by atoms with E-state index in [0.29, 0.717) is 10.9 Å². The van der Waals surface area contributed by atoms with Gasteiger partial charge in [0.1, 0.15) is 5.82 Å². The number of anilines is 1. The maximum atomic E-state index is 6.12. The van der Waals surface area contributed by atoms with Gasteiger partial charge < -0.3 is 5.32 Å². The van der Waals surface area contributed by atoms with Gasteiger partial charge >= 0.3 is 0 Å². The van der Waals surface area contributed by atoms with Crippen LogP contribution in [0.15, 0.2) is 55.0 Å². The number of likely N-dealkylation sites (tertiary alicyclic amines) is 1. The fourth-order valence-electron chi connectivity index (χ4n) is 3.78. The molecule has 1 aromatic carbocycles.